The second kappa shape index (κ2) is 9.43. The van der Waals surface area contributed by atoms with Crippen molar-refractivity contribution in [2.45, 2.75) is 6.10 Å². The van der Waals surface area contributed by atoms with Crippen LogP contribution in [-0.4, -0.2) is 58.4 Å². The van der Waals surface area contributed by atoms with E-state index in [4.69, 9.17) is 27.9 Å². The van der Waals surface area contributed by atoms with Gasteiger partial charge in [-0.25, -0.2) is 4.79 Å². The molecule has 4 aromatic rings. The monoisotopic (exact) mass is 522 g/mol. The number of pyridine rings is 1. The zero-order valence-electron chi connectivity index (χ0n) is 19.1. The van der Waals surface area contributed by atoms with Gasteiger partial charge in [0.1, 0.15) is 0 Å². The van der Waals surface area contributed by atoms with Gasteiger partial charge >= 0.3 is 5.97 Å². The van der Waals surface area contributed by atoms with E-state index in [1.165, 1.54) is 12.1 Å². The van der Waals surface area contributed by atoms with Gasteiger partial charge < -0.3 is 19.1 Å². The number of aromatic carboxylic acids is 1. The summed E-state index contributed by atoms with van der Waals surface area (Å²) < 4.78 is 6.92. The van der Waals surface area contributed by atoms with Gasteiger partial charge in [0.15, 0.2) is 0 Å². The Bertz CT molecular complexity index is 1500. The van der Waals surface area contributed by atoms with E-state index < -0.39 is 11.8 Å². The van der Waals surface area contributed by atoms with Crippen LogP contribution in [0.15, 0.2) is 66.9 Å². The van der Waals surface area contributed by atoms with E-state index in [0.29, 0.717) is 35.3 Å². The molecule has 0 aliphatic carbocycles. The van der Waals surface area contributed by atoms with Crippen molar-refractivity contribution in [1.29, 1.82) is 0 Å². The minimum absolute atomic E-state index is 0.0177. The van der Waals surface area contributed by atoms with E-state index in [2.05, 4.69) is 0 Å². The van der Waals surface area contributed by atoms with Gasteiger partial charge in [-0.2, -0.15) is 0 Å². The third-order valence-corrected chi connectivity index (χ3v) is 6.98. The summed E-state index contributed by atoms with van der Waals surface area (Å²) in [6, 6.07) is 16.4. The van der Waals surface area contributed by atoms with Crippen molar-refractivity contribution >= 4 is 46.4 Å². The maximum atomic E-state index is 13.7. The summed E-state index contributed by atoms with van der Waals surface area (Å²) in [5.41, 5.74) is 3.07. The topological polar surface area (TPSA) is 88.3 Å². The van der Waals surface area contributed by atoms with Crippen molar-refractivity contribution in [3.63, 3.8) is 0 Å². The molecule has 0 bridgehead atoms. The number of carbonyl (C=O) groups is 3. The van der Waals surface area contributed by atoms with Crippen LogP contribution >= 0.6 is 23.2 Å². The van der Waals surface area contributed by atoms with Crippen molar-refractivity contribution in [3.05, 3.63) is 99.3 Å². The summed E-state index contributed by atoms with van der Waals surface area (Å²) in [6.45, 7) is 1.00. The third-order valence-electron chi connectivity index (χ3n) is 6.35. The highest BCUT2D eigenvalue weighted by Crippen LogP contribution is 2.33. The summed E-state index contributed by atoms with van der Waals surface area (Å²) in [5, 5.41) is 9.67. The maximum absolute atomic E-state index is 13.7. The minimum Gasteiger partial charge on any atom is -0.478 e. The quantitative estimate of drug-likeness (QED) is 0.346. The highest BCUT2D eigenvalue weighted by molar-refractivity contribution is 6.41. The molecule has 0 radical (unpaired) electrons. The number of aromatic nitrogens is 1. The van der Waals surface area contributed by atoms with Gasteiger partial charge in [0.2, 0.25) is 5.78 Å². The Labute approximate surface area is 216 Å². The lowest BCUT2D eigenvalue weighted by atomic mass is 10.0. The Kier molecular flexibility index (Phi) is 6.30. The summed E-state index contributed by atoms with van der Waals surface area (Å²) in [7, 11) is 1.61. The number of benzene rings is 2. The molecule has 1 aliphatic heterocycles. The first kappa shape index (κ1) is 24.1. The lowest BCUT2D eigenvalue weighted by Gasteiger charge is -2.38. The first-order valence-electron chi connectivity index (χ1n) is 11.1. The van der Waals surface area contributed by atoms with Crippen molar-refractivity contribution in [2.75, 3.05) is 20.2 Å². The second-order valence-electron chi connectivity index (χ2n) is 8.49. The van der Waals surface area contributed by atoms with Gasteiger partial charge in [0, 0.05) is 32.0 Å². The fraction of sp³-hybridized carbons (Fsp3) is 0.148. The molecule has 9 heteroatoms. The number of hydrogen-bond donors (Lipinski definition) is 1. The molecule has 5 rings (SSSR count). The lowest BCUT2D eigenvalue weighted by Crippen LogP contribution is -2.54. The number of nitrogens with zero attached hydrogens (tertiary/aromatic N) is 2. The van der Waals surface area contributed by atoms with Gasteiger partial charge in [-0.05, 0) is 48.0 Å². The molecule has 0 saturated carbocycles. The summed E-state index contributed by atoms with van der Waals surface area (Å²) in [5.74, 6) is -1.60. The number of hydrogen-bond acceptors (Lipinski definition) is 4. The SMILES string of the molecule is COC1CN(C(=O)c2ccc3c(-c4ccc(C(=O)O)cc4)cc(C(=O)c4c(Cl)cccc4Cl)n3c2)C1. The van der Waals surface area contributed by atoms with E-state index in [-0.39, 0.29) is 38.9 Å². The van der Waals surface area contributed by atoms with Crippen molar-refractivity contribution < 1.29 is 24.2 Å². The Hall–Kier alpha value is -3.65. The van der Waals surface area contributed by atoms with Gasteiger partial charge in [0.25, 0.3) is 5.91 Å². The number of carboxylic acid groups (broad SMARTS) is 1. The van der Waals surface area contributed by atoms with E-state index >= 15 is 0 Å². The number of methoxy groups -OCH3 is 1. The first-order chi connectivity index (χ1) is 17.3. The third kappa shape index (κ3) is 4.15. The second-order valence-corrected chi connectivity index (χ2v) is 9.31. The zero-order chi connectivity index (χ0) is 25.6. The Morgan fingerprint density at radius 1 is 0.944 bits per heavy atom. The van der Waals surface area contributed by atoms with E-state index in [1.54, 1.807) is 71.1 Å². The number of fused-ring (bicyclic) bond motifs is 1. The predicted octanol–water partition coefficient (Wildman–Crippen LogP) is 5.31. The molecule has 1 aliphatic rings. The smallest absolute Gasteiger partial charge is 0.335 e. The number of carboxylic acids is 1. The molecule has 0 spiro atoms. The largest absolute Gasteiger partial charge is 0.478 e. The first-order valence-corrected chi connectivity index (χ1v) is 11.8. The van der Waals surface area contributed by atoms with Crippen LogP contribution < -0.4 is 0 Å². The molecule has 2 aromatic carbocycles. The van der Waals surface area contributed by atoms with Crippen LogP contribution in [0.1, 0.15) is 36.8 Å². The van der Waals surface area contributed by atoms with Gasteiger partial charge in [-0.3, -0.25) is 9.59 Å². The van der Waals surface area contributed by atoms with Crippen molar-refractivity contribution in [3.8, 4) is 11.1 Å². The molecule has 0 unspecified atom stereocenters. The van der Waals surface area contributed by atoms with E-state index in [0.717, 1.165) is 0 Å². The van der Waals surface area contributed by atoms with Crippen LogP contribution in [0.2, 0.25) is 10.0 Å². The van der Waals surface area contributed by atoms with Crippen LogP contribution in [0.3, 0.4) is 0 Å². The van der Waals surface area contributed by atoms with Gasteiger partial charge in [-0.1, -0.05) is 41.4 Å². The lowest BCUT2D eigenvalue weighted by molar-refractivity contribution is -0.0192. The average molecular weight is 523 g/mol. The normalized spacial score (nSPS) is 13.6. The summed E-state index contributed by atoms with van der Waals surface area (Å²) in [6.07, 6.45) is 1.65. The number of rotatable bonds is 6. The van der Waals surface area contributed by atoms with Crippen LogP contribution in [0.25, 0.3) is 16.6 Å². The number of amides is 1. The number of ether oxygens (including phenoxy) is 1. The Morgan fingerprint density at radius 2 is 1.58 bits per heavy atom. The van der Waals surface area contributed by atoms with Crippen molar-refractivity contribution in [1.82, 2.24) is 9.30 Å². The van der Waals surface area contributed by atoms with Gasteiger partial charge in [-0.15, -0.1) is 0 Å². The van der Waals surface area contributed by atoms with Gasteiger partial charge in [0.05, 0.1) is 44.1 Å². The molecular formula is C27H20Cl2N2O5. The predicted molar refractivity (Wildman–Crippen MR) is 136 cm³/mol. The number of ketones is 1. The molecule has 3 heterocycles. The number of carbonyl (C=O) groups excluding carboxylic acids is 2. The maximum Gasteiger partial charge on any atom is 0.335 e. The molecular weight excluding hydrogens is 503 g/mol. The van der Waals surface area contributed by atoms with Crippen LogP contribution in [0, 0.1) is 0 Å². The fourth-order valence-electron chi connectivity index (χ4n) is 4.30. The van der Waals surface area contributed by atoms with E-state index in [9.17, 15) is 19.5 Å². The molecule has 2 aromatic heterocycles. The molecule has 1 saturated heterocycles. The fourth-order valence-corrected chi connectivity index (χ4v) is 4.87. The molecule has 1 N–H and O–H groups in total. The Balaban J connectivity index is 1.65. The Morgan fingerprint density at radius 3 is 2.19 bits per heavy atom. The molecule has 1 amide bonds. The molecule has 182 valence electrons. The summed E-state index contributed by atoms with van der Waals surface area (Å²) >= 11 is 12.7. The molecule has 1 fully saturated rings. The minimum atomic E-state index is -1.03. The molecule has 36 heavy (non-hydrogen) atoms. The summed E-state index contributed by atoms with van der Waals surface area (Å²) in [4.78, 5) is 39.7. The van der Waals surface area contributed by atoms with Crippen LogP contribution in [-0.2, 0) is 4.74 Å². The van der Waals surface area contributed by atoms with E-state index in [1.807, 2.05) is 0 Å². The number of likely N-dealkylation sites (tertiary alicyclic amines) is 1. The molecule has 0 atom stereocenters. The highest BCUT2D eigenvalue weighted by atomic mass is 35.5. The standard InChI is InChI=1S/C27H20Cl2N2O5/c1-36-18-13-30(14-18)26(33)17-9-10-22-19(15-5-7-16(8-6-15)27(34)35)11-23(31(22)12-17)25(32)24-20(28)3-2-4-21(24)29/h2-12,18H,13-14H2,1H3,(H,34,35). The number of halogens is 2. The van der Waals surface area contributed by atoms with Crippen molar-refractivity contribution in [2.24, 2.45) is 0 Å². The van der Waals surface area contributed by atoms with Crippen LogP contribution in [0.5, 0.6) is 0 Å². The average Bonchev–Trinajstić information content (AvgIpc) is 3.22. The zero-order valence-corrected chi connectivity index (χ0v) is 20.6. The van der Waals surface area contributed by atoms with Crippen LogP contribution in [0.4, 0.5) is 0 Å². The molecule has 7 nitrogen and oxygen atoms in total. The highest BCUT2D eigenvalue weighted by Gasteiger charge is 2.31.